The summed E-state index contributed by atoms with van der Waals surface area (Å²) >= 11 is 1.20. The van der Waals surface area contributed by atoms with Crippen molar-refractivity contribution >= 4 is 33.7 Å². The lowest BCUT2D eigenvalue weighted by Crippen LogP contribution is -2.15. The molecule has 0 aliphatic carbocycles. The van der Waals surface area contributed by atoms with Crippen molar-refractivity contribution in [1.29, 1.82) is 0 Å². The van der Waals surface area contributed by atoms with Gasteiger partial charge in [-0.15, -0.1) is 11.3 Å². The predicted molar refractivity (Wildman–Crippen MR) is 79.9 cm³/mol. The molecule has 5 nitrogen and oxygen atoms in total. The van der Waals surface area contributed by atoms with Gasteiger partial charge in [0.1, 0.15) is 5.00 Å². The first kappa shape index (κ1) is 15.5. The number of Topliss-reactive ketones (excluding diaryl/α,β-unsaturated/α-hetero) is 1. The van der Waals surface area contributed by atoms with Crippen LogP contribution in [0.4, 0.5) is 10.7 Å². The number of nitrogens with one attached hydrogen (secondary N) is 1. The number of ketones is 1. The fourth-order valence-electron chi connectivity index (χ4n) is 1.83. The van der Waals surface area contributed by atoms with Gasteiger partial charge in [-0.3, -0.25) is 9.59 Å². The van der Waals surface area contributed by atoms with Crippen molar-refractivity contribution in [3.8, 4) is 0 Å². The zero-order valence-corrected chi connectivity index (χ0v) is 12.2. The zero-order valence-electron chi connectivity index (χ0n) is 11.4. The van der Waals surface area contributed by atoms with Crippen molar-refractivity contribution in [3.63, 3.8) is 0 Å². The van der Waals surface area contributed by atoms with Crippen molar-refractivity contribution in [2.75, 3.05) is 17.6 Å². The average molecular weight is 283 g/mol. The van der Waals surface area contributed by atoms with E-state index in [-0.39, 0.29) is 17.0 Å². The highest BCUT2D eigenvalue weighted by Gasteiger charge is 2.21. The fourth-order valence-corrected chi connectivity index (χ4v) is 2.87. The largest absolute Gasteiger partial charge is 0.397 e. The van der Waals surface area contributed by atoms with Gasteiger partial charge in [-0.1, -0.05) is 26.2 Å². The summed E-state index contributed by atoms with van der Waals surface area (Å²) in [5, 5.41) is 3.76. The van der Waals surface area contributed by atoms with Gasteiger partial charge < -0.3 is 16.8 Å². The quantitative estimate of drug-likeness (QED) is 0.504. The number of primary amides is 1. The second-order valence-electron chi connectivity index (χ2n) is 4.46. The van der Waals surface area contributed by atoms with Crippen molar-refractivity contribution in [2.45, 2.75) is 39.5 Å². The Morgan fingerprint density at radius 3 is 2.47 bits per heavy atom. The Kier molecular flexibility index (Phi) is 5.82. The van der Waals surface area contributed by atoms with Gasteiger partial charge in [0.25, 0.3) is 5.91 Å². The number of amides is 1. The molecule has 0 radical (unpaired) electrons. The van der Waals surface area contributed by atoms with Crippen LogP contribution in [0.3, 0.4) is 0 Å². The second-order valence-corrected chi connectivity index (χ2v) is 5.48. The molecule has 0 aliphatic heterocycles. The van der Waals surface area contributed by atoms with Gasteiger partial charge in [0.15, 0.2) is 5.78 Å². The minimum absolute atomic E-state index is 0.149. The van der Waals surface area contributed by atoms with Gasteiger partial charge in [0, 0.05) is 13.5 Å². The number of hydrogen-bond acceptors (Lipinski definition) is 5. The lowest BCUT2D eigenvalue weighted by Gasteiger charge is -2.05. The Bertz CT molecular complexity index is 469. The highest BCUT2D eigenvalue weighted by Crippen LogP contribution is 2.35. The molecular formula is C13H21N3O2S. The van der Waals surface area contributed by atoms with Crippen LogP contribution >= 0.6 is 11.3 Å². The van der Waals surface area contributed by atoms with E-state index in [4.69, 9.17) is 11.5 Å². The number of hydrogen-bond donors (Lipinski definition) is 3. The van der Waals surface area contributed by atoms with Crippen LogP contribution in [0.1, 0.15) is 59.6 Å². The molecule has 1 aromatic rings. The Labute approximate surface area is 117 Å². The number of nitrogens with two attached hydrogens (primary N) is 2. The molecule has 19 heavy (non-hydrogen) atoms. The molecule has 0 fully saturated rings. The molecule has 0 unspecified atom stereocenters. The Morgan fingerprint density at radius 2 is 1.95 bits per heavy atom. The number of nitrogen functional groups attached to an aromatic ring is 1. The maximum Gasteiger partial charge on any atom is 0.253 e. The number of anilines is 2. The third-order valence-electron chi connectivity index (χ3n) is 2.83. The van der Waals surface area contributed by atoms with Crippen LogP contribution in [0.5, 0.6) is 0 Å². The van der Waals surface area contributed by atoms with E-state index in [1.54, 1.807) is 0 Å². The Balaban J connectivity index is 2.79. The van der Waals surface area contributed by atoms with Crippen molar-refractivity contribution in [1.82, 2.24) is 0 Å². The molecule has 5 N–H and O–H groups in total. The second kappa shape index (κ2) is 7.13. The van der Waals surface area contributed by atoms with Crippen LogP contribution in [0.15, 0.2) is 0 Å². The third kappa shape index (κ3) is 3.96. The highest BCUT2D eigenvalue weighted by molar-refractivity contribution is 7.19. The monoisotopic (exact) mass is 283 g/mol. The molecule has 1 amide bonds. The number of thiophene rings is 1. The zero-order chi connectivity index (χ0) is 14.4. The molecule has 6 heteroatoms. The number of carbonyl (C=O) groups excluding carboxylic acids is 2. The van der Waals surface area contributed by atoms with Gasteiger partial charge >= 0.3 is 0 Å². The summed E-state index contributed by atoms with van der Waals surface area (Å²) in [6.07, 6.45) is 4.51. The molecule has 1 rings (SSSR count). The molecule has 1 heterocycles. The lowest BCUT2D eigenvalue weighted by molar-refractivity contribution is 0.100. The summed E-state index contributed by atoms with van der Waals surface area (Å²) in [6, 6.07) is 0. The first-order valence-corrected chi connectivity index (χ1v) is 7.27. The van der Waals surface area contributed by atoms with E-state index in [0.717, 1.165) is 19.4 Å². The minimum atomic E-state index is -0.600. The van der Waals surface area contributed by atoms with Gasteiger partial charge in [-0.05, 0) is 6.42 Å². The molecule has 106 valence electrons. The van der Waals surface area contributed by atoms with E-state index in [2.05, 4.69) is 12.2 Å². The lowest BCUT2D eigenvalue weighted by atomic mass is 10.2. The van der Waals surface area contributed by atoms with Crippen LogP contribution in [0.2, 0.25) is 0 Å². The number of rotatable bonds is 8. The Hall–Kier alpha value is -1.56. The Morgan fingerprint density at radius 1 is 1.26 bits per heavy atom. The molecule has 0 aromatic carbocycles. The predicted octanol–water partition coefficient (Wildman–Crippen LogP) is 2.62. The molecule has 0 aliphatic rings. The first-order chi connectivity index (χ1) is 8.99. The summed E-state index contributed by atoms with van der Waals surface area (Å²) in [5.74, 6) is -0.749. The van der Waals surface area contributed by atoms with Crippen LogP contribution in [-0.4, -0.2) is 18.2 Å². The van der Waals surface area contributed by atoms with E-state index in [1.807, 2.05) is 0 Å². The smallest absolute Gasteiger partial charge is 0.253 e. The van der Waals surface area contributed by atoms with Crippen LogP contribution in [0, 0.1) is 0 Å². The maximum atomic E-state index is 11.4. The van der Waals surface area contributed by atoms with E-state index in [1.165, 1.54) is 31.1 Å². The average Bonchev–Trinajstić information content (AvgIpc) is 2.66. The van der Waals surface area contributed by atoms with Gasteiger partial charge in [0.05, 0.1) is 16.1 Å². The summed E-state index contributed by atoms with van der Waals surface area (Å²) in [6.45, 7) is 4.33. The summed E-state index contributed by atoms with van der Waals surface area (Å²) in [7, 11) is 0. The fraction of sp³-hybridized carbons (Fsp3) is 0.538. The van der Waals surface area contributed by atoms with Gasteiger partial charge in [0.2, 0.25) is 0 Å². The van der Waals surface area contributed by atoms with Crippen molar-refractivity contribution in [3.05, 3.63) is 10.4 Å². The third-order valence-corrected chi connectivity index (χ3v) is 4.09. The summed E-state index contributed by atoms with van der Waals surface area (Å²) in [4.78, 5) is 23.2. The molecule has 0 saturated carbocycles. The van der Waals surface area contributed by atoms with E-state index < -0.39 is 5.91 Å². The van der Waals surface area contributed by atoms with Crippen molar-refractivity contribution in [2.24, 2.45) is 5.73 Å². The van der Waals surface area contributed by atoms with Crippen LogP contribution in [0.25, 0.3) is 0 Å². The van der Waals surface area contributed by atoms with Gasteiger partial charge in [-0.25, -0.2) is 0 Å². The topological polar surface area (TPSA) is 98.2 Å². The normalized spacial score (nSPS) is 10.4. The number of carbonyl (C=O) groups is 2. The standard InChI is InChI=1S/C13H21N3O2S/c1-3-4-5-6-7-16-13-9(12(15)18)10(14)11(19-13)8(2)17/h16H,3-7,14H2,1-2H3,(H2,15,18). The number of unbranched alkanes of at least 4 members (excludes halogenated alkanes) is 3. The molecule has 0 bridgehead atoms. The minimum Gasteiger partial charge on any atom is -0.397 e. The summed E-state index contributed by atoms with van der Waals surface area (Å²) < 4.78 is 0. The molecule has 0 saturated heterocycles. The molecule has 1 aromatic heterocycles. The highest BCUT2D eigenvalue weighted by atomic mass is 32.1. The van der Waals surface area contributed by atoms with Gasteiger partial charge in [-0.2, -0.15) is 0 Å². The first-order valence-electron chi connectivity index (χ1n) is 6.45. The molecular weight excluding hydrogens is 262 g/mol. The molecule has 0 spiro atoms. The maximum absolute atomic E-state index is 11.4. The van der Waals surface area contributed by atoms with Crippen LogP contribution < -0.4 is 16.8 Å². The SMILES string of the molecule is CCCCCCNc1sc(C(C)=O)c(N)c1C(N)=O. The van der Waals surface area contributed by atoms with E-state index in [0.29, 0.717) is 9.88 Å². The van der Waals surface area contributed by atoms with E-state index in [9.17, 15) is 9.59 Å². The van der Waals surface area contributed by atoms with Crippen LogP contribution in [-0.2, 0) is 0 Å². The molecule has 0 atom stereocenters. The van der Waals surface area contributed by atoms with E-state index >= 15 is 0 Å². The summed E-state index contributed by atoms with van der Waals surface area (Å²) in [5.41, 5.74) is 11.6. The van der Waals surface area contributed by atoms with Crippen molar-refractivity contribution < 1.29 is 9.59 Å².